The summed E-state index contributed by atoms with van der Waals surface area (Å²) in [7, 11) is 0. The Bertz CT molecular complexity index is 352. The maximum atomic E-state index is 12.4. The molecule has 17 heavy (non-hydrogen) atoms. The second-order valence-corrected chi connectivity index (χ2v) is 4.61. The quantitative estimate of drug-likeness (QED) is 0.767. The number of nitrogens with one attached hydrogen (secondary N) is 1. The van der Waals surface area contributed by atoms with E-state index in [0.717, 1.165) is 10.5 Å². The summed E-state index contributed by atoms with van der Waals surface area (Å²) in [6, 6.07) is -0.215. The summed E-state index contributed by atoms with van der Waals surface area (Å²) in [6.07, 6.45) is -2.95. The van der Waals surface area contributed by atoms with Crippen LogP contribution in [-0.4, -0.2) is 42.7 Å². The van der Waals surface area contributed by atoms with Crippen molar-refractivity contribution in [2.45, 2.75) is 32.0 Å². The van der Waals surface area contributed by atoms with Crippen LogP contribution in [0, 0.1) is 0 Å². The Balaban J connectivity index is 2.08. The molecule has 0 aromatic heterocycles. The van der Waals surface area contributed by atoms with Gasteiger partial charge in [0.1, 0.15) is 6.54 Å². The molecule has 0 unspecified atom stereocenters. The zero-order valence-corrected chi connectivity index (χ0v) is 9.60. The lowest BCUT2D eigenvalue weighted by atomic mass is 10.0. The molecular weight excluding hydrogens is 233 g/mol. The Labute approximate surface area is 97.7 Å². The second-order valence-electron chi connectivity index (χ2n) is 4.61. The predicted octanol–water partition coefficient (Wildman–Crippen LogP) is 1.46. The van der Waals surface area contributed by atoms with Gasteiger partial charge in [0.05, 0.1) is 0 Å². The molecule has 0 aromatic rings. The lowest BCUT2D eigenvalue weighted by Gasteiger charge is -2.27. The van der Waals surface area contributed by atoms with Gasteiger partial charge < -0.3 is 10.2 Å². The van der Waals surface area contributed by atoms with Gasteiger partial charge in [-0.1, -0.05) is 0 Å². The summed E-state index contributed by atoms with van der Waals surface area (Å²) in [5, 5.41) is 2.98. The fraction of sp³-hybridized carbons (Fsp3) is 0.727. The van der Waals surface area contributed by atoms with Gasteiger partial charge in [-0.05, 0) is 25.3 Å². The van der Waals surface area contributed by atoms with Crippen molar-refractivity contribution in [2.24, 2.45) is 0 Å². The molecule has 1 N–H and O–H groups in total. The molecule has 0 spiro atoms. The van der Waals surface area contributed by atoms with Crippen molar-refractivity contribution < 1.29 is 18.0 Å². The number of nitrogens with zero attached hydrogens (tertiary/aromatic N) is 1. The van der Waals surface area contributed by atoms with Gasteiger partial charge in [0.15, 0.2) is 0 Å². The molecule has 6 heteroatoms. The van der Waals surface area contributed by atoms with E-state index in [-0.39, 0.29) is 6.04 Å². The highest BCUT2D eigenvalue weighted by molar-refractivity contribution is 5.94. The Kier molecular flexibility index (Phi) is 3.16. The summed E-state index contributed by atoms with van der Waals surface area (Å²) >= 11 is 0. The number of carbonyl (C=O) groups is 1. The maximum Gasteiger partial charge on any atom is 0.406 e. The van der Waals surface area contributed by atoms with Crippen LogP contribution in [0.3, 0.4) is 0 Å². The van der Waals surface area contributed by atoms with E-state index in [0.29, 0.717) is 31.5 Å². The lowest BCUT2D eigenvalue weighted by molar-refractivity contribution is -0.160. The molecule has 0 atom stereocenters. The van der Waals surface area contributed by atoms with E-state index in [4.69, 9.17) is 0 Å². The van der Waals surface area contributed by atoms with E-state index in [2.05, 4.69) is 5.32 Å². The molecule has 1 amide bonds. The smallest absolute Gasteiger partial charge is 0.327 e. The van der Waals surface area contributed by atoms with Gasteiger partial charge in [0.2, 0.25) is 5.91 Å². The summed E-state index contributed by atoms with van der Waals surface area (Å²) in [6.45, 7) is 1.71. The zero-order chi connectivity index (χ0) is 12.6. The normalized spacial score (nSPS) is 19.9. The summed E-state index contributed by atoms with van der Waals surface area (Å²) < 4.78 is 37.2. The van der Waals surface area contributed by atoms with Crippen LogP contribution in [0.2, 0.25) is 0 Å². The van der Waals surface area contributed by atoms with Gasteiger partial charge in [-0.15, -0.1) is 0 Å². The molecule has 2 aliphatic rings. The average molecular weight is 248 g/mol. The molecule has 96 valence electrons. The standard InChI is InChI=1S/C11H15F3N2O/c1-7(8-4-15-5-8)10(17)16(9-2-3-9)6-11(12,13)14/h9,15H,2-6H2,1H3. The molecule has 2 fully saturated rings. The van der Waals surface area contributed by atoms with Gasteiger partial charge in [-0.2, -0.15) is 13.2 Å². The molecule has 0 aromatic carbocycles. The minimum Gasteiger partial charge on any atom is -0.327 e. The van der Waals surface area contributed by atoms with Crippen molar-refractivity contribution in [1.82, 2.24) is 10.2 Å². The molecular formula is C11H15F3N2O. The Morgan fingerprint density at radius 1 is 1.41 bits per heavy atom. The number of hydrogen-bond acceptors (Lipinski definition) is 2. The van der Waals surface area contributed by atoms with Gasteiger partial charge in [-0.3, -0.25) is 4.79 Å². The first-order chi connectivity index (χ1) is 7.88. The lowest BCUT2D eigenvalue weighted by Crippen LogP contribution is -2.43. The molecule has 1 heterocycles. The second kappa shape index (κ2) is 4.33. The van der Waals surface area contributed by atoms with Crippen molar-refractivity contribution in [3.63, 3.8) is 0 Å². The topological polar surface area (TPSA) is 32.3 Å². The molecule has 1 aliphatic carbocycles. The molecule has 2 rings (SSSR count). The minimum atomic E-state index is -4.32. The highest BCUT2D eigenvalue weighted by atomic mass is 19.4. The largest absolute Gasteiger partial charge is 0.406 e. The molecule has 1 saturated heterocycles. The van der Waals surface area contributed by atoms with E-state index in [1.54, 1.807) is 6.92 Å². The summed E-state index contributed by atoms with van der Waals surface area (Å²) in [4.78, 5) is 12.9. The highest BCUT2D eigenvalue weighted by Gasteiger charge is 2.41. The molecule has 3 nitrogen and oxygen atoms in total. The van der Waals surface area contributed by atoms with Crippen LogP contribution in [-0.2, 0) is 4.79 Å². The molecule has 0 bridgehead atoms. The van der Waals surface area contributed by atoms with Crippen molar-refractivity contribution in [1.29, 1.82) is 0 Å². The number of alkyl halides is 3. The Morgan fingerprint density at radius 2 is 2.00 bits per heavy atom. The maximum absolute atomic E-state index is 12.4. The first kappa shape index (κ1) is 12.4. The highest BCUT2D eigenvalue weighted by Crippen LogP contribution is 2.31. The number of rotatable bonds is 3. The third kappa shape index (κ3) is 3.00. The van der Waals surface area contributed by atoms with Gasteiger partial charge >= 0.3 is 6.18 Å². The average Bonchev–Trinajstić information content (AvgIpc) is 2.91. The van der Waals surface area contributed by atoms with E-state index in [1.165, 1.54) is 0 Å². The van der Waals surface area contributed by atoms with E-state index >= 15 is 0 Å². The van der Waals surface area contributed by atoms with Crippen LogP contribution in [0.15, 0.2) is 11.1 Å². The third-order valence-corrected chi connectivity index (χ3v) is 3.13. The van der Waals surface area contributed by atoms with Crippen LogP contribution in [0.25, 0.3) is 0 Å². The molecule has 1 aliphatic heterocycles. The number of halogens is 3. The SMILES string of the molecule is CC(C(=O)N(CC(F)(F)F)C1CC1)=C1CNC1. The monoisotopic (exact) mass is 248 g/mol. The molecule has 0 radical (unpaired) electrons. The number of hydrogen-bond donors (Lipinski definition) is 1. The van der Waals surface area contributed by atoms with E-state index in [1.807, 2.05) is 0 Å². The van der Waals surface area contributed by atoms with Crippen molar-refractivity contribution >= 4 is 5.91 Å². The van der Waals surface area contributed by atoms with Crippen molar-refractivity contribution in [3.8, 4) is 0 Å². The van der Waals surface area contributed by atoms with Gasteiger partial charge in [-0.25, -0.2) is 0 Å². The third-order valence-electron chi connectivity index (χ3n) is 3.13. The van der Waals surface area contributed by atoms with Crippen LogP contribution < -0.4 is 5.32 Å². The minimum absolute atomic E-state index is 0.215. The van der Waals surface area contributed by atoms with E-state index < -0.39 is 18.6 Å². The Hall–Kier alpha value is -1.04. The first-order valence-corrected chi connectivity index (χ1v) is 5.65. The van der Waals surface area contributed by atoms with Gasteiger partial charge in [0.25, 0.3) is 0 Å². The predicted molar refractivity (Wildman–Crippen MR) is 56.4 cm³/mol. The van der Waals surface area contributed by atoms with Crippen LogP contribution in [0.4, 0.5) is 13.2 Å². The van der Waals surface area contributed by atoms with Crippen LogP contribution >= 0.6 is 0 Å². The fourth-order valence-corrected chi connectivity index (χ4v) is 1.83. The van der Waals surface area contributed by atoms with Gasteiger partial charge in [0, 0.05) is 24.7 Å². The zero-order valence-electron chi connectivity index (χ0n) is 9.60. The molecule has 1 saturated carbocycles. The summed E-state index contributed by atoms with van der Waals surface area (Å²) in [5.74, 6) is -0.457. The first-order valence-electron chi connectivity index (χ1n) is 5.65. The fourth-order valence-electron chi connectivity index (χ4n) is 1.83. The van der Waals surface area contributed by atoms with Crippen molar-refractivity contribution in [2.75, 3.05) is 19.6 Å². The number of amides is 1. The summed E-state index contributed by atoms with van der Waals surface area (Å²) in [5.41, 5.74) is 1.39. The van der Waals surface area contributed by atoms with Crippen LogP contribution in [0.5, 0.6) is 0 Å². The van der Waals surface area contributed by atoms with Crippen molar-refractivity contribution in [3.05, 3.63) is 11.1 Å². The Morgan fingerprint density at radius 3 is 2.35 bits per heavy atom. The van der Waals surface area contributed by atoms with Crippen LogP contribution in [0.1, 0.15) is 19.8 Å². The number of carbonyl (C=O) groups excluding carboxylic acids is 1. The van der Waals surface area contributed by atoms with E-state index in [9.17, 15) is 18.0 Å².